The molecule has 0 aliphatic carbocycles. The molecule has 3 nitrogen and oxygen atoms in total. The van der Waals surface area contributed by atoms with Gasteiger partial charge in [0.1, 0.15) is 31.3 Å². The van der Waals surface area contributed by atoms with E-state index >= 15 is 0 Å². The van der Waals surface area contributed by atoms with E-state index in [2.05, 4.69) is 12.1 Å². The van der Waals surface area contributed by atoms with Crippen LogP contribution in [0.5, 0.6) is 11.5 Å². The number of piperidine rings is 1. The Labute approximate surface area is 138 Å². The van der Waals surface area contributed by atoms with E-state index in [1.807, 2.05) is 42.5 Å². The van der Waals surface area contributed by atoms with Crippen LogP contribution >= 0.6 is 0 Å². The summed E-state index contributed by atoms with van der Waals surface area (Å²) >= 11 is 0. The lowest BCUT2D eigenvalue weighted by molar-refractivity contribution is -0.904. The van der Waals surface area contributed by atoms with Gasteiger partial charge in [-0.25, -0.2) is 0 Å². The summed E-state index contributed by atoms with van der Waals surface area (Å²) in [6.07, 6.45) is 4.13. The van der Waals surface area contributed by atoms with Crippen molar-refractivity contribution in [2.45, 2.75) is 25.9 Å². The molecule has 23 heavy (non-hydrogen) atoms. The van der Waals surface area contributed by atoms with Crippen LogP contribution in [0.3, 0.4) is 0 Å². The summed E-state index contributed by atoms with van der Waals surface area (Å²) < 4.78 is 11.6. The summed E-state index contributed by atoms with van der Waals surface area (Å²) in [7, 11) is 0. The molecule has 0 spiro atoms. The Morgan fingerprint density at radius 1 is 0.739 bits per heavy atom. The number of rotatable bonds is 7. The minimum absolute atomic E-state index is 0.597. The number of quaternary nitrogens is 1. The standard InChI is InChI=1S/C20H25NO2/c1-3-7-18(8-4-1)17-23-20-11-9-19(10-12-20)22-16-15-21-13-5-2-6-14-21/h1,3-4,7-12H,2,5-6,13-17H2/p+1. The van der Waals surface area contributed by atoms with Crippen LogP contribution in [0.1, 0.15) is 24.8 Å². The first-order valence-electron chi connectivity index (χ1n) is 8.63. The Kier molecular flexibility index (Phi) is 5.93. The quantitative estimate of drug-likeness (QED) is 0.849. The van der Waals surface area contributed by atoms with Crippen LogP contribution in [0.15, 0.2) is 54.6 Å². The SMILES string of the molecule is c1ccc(COc2ccc(OCC[NH+]3CCCCC3)cc2)cc1. The maximum atomic E-state index is 5.85. The number of hydrogen-bond acceptors (Lipinski definition) is 2. The molecule has 1 saturated heterocycles. The van der Waals surface area contributed by atoms with Crippen molar-refractivity contribution in [3.05, 3.63) is 60.2 Å². The second-order valence-corrected chi connectivity index (χ2v) is 6.15. The molecule has 0 aromatic heterocycles. The van der Waals surface area contributed by atoms with Crippen molar-refractivity contribution in [1.29, 1.82) is 0 Å². The van der Waals surface area contributed by atoms with Gasteiger partial charge >= 0.3 is 0 Å². The zero-order valence-corrected chi connectivity index (χ0v) is 13.7. The summed E-state index contributed by atoms with van der Waals surface area (Å²) in [5.41, 5.74) is 1.18. The Morgan fingerprint density at radius 2 is 1.39 bits per heavy atom. The molecule has 0 saturated carbocycles. The highest BCUT2D eigenvalue weighted by Gasteiger charge is 2.12. The molecular weight excluding hydrogens is 286 g/mol. The van der Waals surface area contributed by atoms with Crippen LogP contribution in [0.2, 0.25) is 0 Å². The van der Waals surface area contributed by atoms with Crippen LogP contribution in [0.25, 0.3) is 0 Å². The van der Waals surface area contributed by atoms with Crippen molar-refractivity contribution in [2.75, 3.05) is 26.2 Å². The molecule has 1 N–H and O–H groups in total. The van der Waals surface area contributed by atoms with Gasteiger partial charge < -0.3 is 14.4 Å². The van der Waals surface area contributed by atoms with E-state index in [0.717, 1.165) is 24.7 Å². The molecule has 122 valence electrons. The fourth-order valence-electron chi connectivity index (χ4n) is 2.99. The van der Waals surface area contributed by atoms with E-state index in [0.29, 0.717) is 6.61 Å². The first kappa shape index (κ1) is 15.9. The lowest BCUT2D eigenvalue weighted by atomic mass is 10.1. The molecular formula is C20H26NO2+. The summed E-state index contributed by atoms with van der Waals surface area (Å²) in [6, 6.07) is 18.2. The van der Waals surface area contributed by atoms with Gasteiger partial charge in [-0.2, -0.15) is 0 Å². The Bertz CT molecular complexity index is 562. The van der Waals surface area contributed by atoms with Crippen molar-refractivity contribution >= 4 is 0 Å². The van der Waals surface area contributed by atoms with Crippen molar-refractivity contribution in [3.8, 4) is 11.5 Å². The second kappa shape index (κ2) is 8.59. The first-order valence-corrected chi connectivity index (χ1v) is 8.63. The number of benzene rings is 2. The van der Waals surface area contributed by atoms with E-state index < -0.39 is 0 Å². The van der Waals surface area contributed by atoms with Crippen LogP contribution in [-0.2, 0) is 6.61 Å². The largest absolute Gasteiger partial charge is 0.489 e. The van der Waals surface area contributed by atoms with Gasteiger partial charge in [0.15, 0.2) is 0 Å². The van der Waals surface area contributed by atoms with E-state index in [4.69, 9.17) is 9.47 Å². The van der Waals surface area contributed by atoms with Gasteiger partial charge in [-0.15, -0.1) is 0 Å². The minimum atomic E-state index is 0.597. The molecule has 0 amide bonds. The highest BCUT2D eigenvalue weighted by atomic mass is 16.5. The zero-order chi connectivity index (χ0) is 15.7. The molecule has 1 heterocycles. The molecule has 3 rings (SSSR count). The molecule has 1 aliphatic rings. The van der Waals surface area contributed by atoms with Crippen LogP contribution in [-0.4, -0.2) is 26.2 Å². The molecule has 2 aromatic rings. The Morgan fingerprint density at radius 3 is 2.09 bits per heavy atom. The van der Waals surface area contributed by atoms with E-state index in [1.165, 1.54) is 37.9 Å². The normalized spacial score (nSPS) is 15.3. The summed E-state index contributed by atoms with van der Waals surface area (Å²) in [4.78, 5) is 1.68. The fourth-order valence-corrected chi connectivity index (χ4v) is 2.99. The predicted molar refractivity (Wildman–Crippen MR) is 92.1 cm³/mol. The average molecular weight is 312 g/mol. The maximum Gasteiger partial charge on any atom is 0.137 e. The molecule has 1 fully saturated rings. The summed E-state index contributed by atoms with van der Waals surface area (Å²) in [5, 5.41) is 0. The van der Waals surface area contributed by atoms with Gasteiger partial charge in [-0.05, 0) is 49.1 Å². The molecule has 2 aromatic carbocycles. The van der Waals surface area contributed by atoms with Gasteiger partial charge in [-0.3, -0.25) is 0 Å². The van der Waals surface area contributed by atoms with Crippen LogP contribution < -0.4 is 14.4 Å². The van der Waals surface area contributed by atoms with Crippen LogP contribution in [0.4, 0.5) is 0 Å². The average Bonchev–Trinajstić information content (AvgIpc) is 2.63. The van der Waals surface area contributed by atoms with Crippen molar-refractivity contribution in [3.63, 3.8) is 0 Å². The van der Waals surface area contributed by atoms with Crippen molar-refractivity contribution in [1.82, 2.24) is 0 Å². The third-order valence-electron chi connectivity index (χ3n) is 4.36. The Hall–Kier alpha value is -2.00. The first-order chi connectivity index (χ1) is 11.4. The Balaban J connectivity index is 1.40. The topological polar surface area (TPSA) is 22.9 Å². The van der Waals surface area contributed by atoms with Gasteiger partial charge in [0.2, 0.25) is 0 Å². The predicted octanol–water partition coefficient (Wildman–Crippen LogP) is 2.71. The maximum absolute atomic E-state index is 5.85. The fraction of sp³-hybridized carbons (Fsp3) is 0.400. The molecule has 0 atom stereocenters. The van der Waals surface area contributed by atoms with Crippen LogP contribution in [0, 0.1) is 0 Å². The lowest BCUT2D eigenvalue weighted by Crippen LogP contribution is -3.13. The number of hydrogen-bond donors (Lipinski definition) is 1. The number of nitrogens with one attached hydrogen (secondary N) is 1. The third kappa shape index (κ3) is 5.29. The van der Waals surface area contributed by atoms with Gasteiger partial charge in [0, 0.05) is 0 Å². The lowest BCUT2D eigenvalue weighted by Gasteiger charge is -2.23. The van der Waals surface area contributed by atoms with Crippen molar-refractivity contribution in [2.24, 2.45) is 0 Å². The van der Waals surface area contributed by atoms with Gasteiger partial charge in [-0.1, -0.05) is 30.3 Å². The highest BCUT2D eigenvalue weighted by molar-refractivity contribution is 5.31. The smallest absolute Gasteiger partial charge is 0.137 e. The number of likely N-dealkylation sites (tertiary alicyclic amines) is 1. The van der Waals surface area contributed by atoms with Gasteiger partial charge in [0.25, 0.3) is 0 Å². The minimum Gasteiger partial charge on any atom is -0.489 e. The van der Waals surface area contributed by atoms with E-state index in [1.54, 1.807) is 4.90 Å². The van der Waals surface area contributed by atoms with E-state index in [9.17, 15) is 0 Å². The molecule has 1 aliphatic heterocycles. The molecule has 3 heteroatoms. The third-order valence-corrected chi connectivity index (χ3v) is 4.36. The molecule has 0 radical (unpaired) electrons. The molecule has 0 unspecified atom stereocenters. The van der Waals surface area contributed by atoms with E-state index in [-0.39, 0.29) is 0 Å². The number of ether oxygens (including phenoxy) is 2. The van der Waals surface area contributed by atoms with Crippen molar-refractivity contribution < 1.29 is 14.4 Å². The monoisotopic (exact) mass is 312 g/mol. The summed E-state index contributed by atoms with van der Waals surface area (Å²) in [6.45, 7) is 5.09. The summed E-state index contributed by atoms with van der Waals surface area (Å²) in [5.74, 6) is 1.80. The van der Waals surface area contributed by atoms with Gasteiger partial charge in [0.05, 0.1) is 13.1 Å². The second-order valence-electron chi connectivity index (χ2n) is 6.15. The zero-order valence-electron chi connectivity index (χ0n) is 13.7. The highest BCUT2D eigenvalue weighted by Crippen LogP contribution is 2.18. The molecule has 0 bridgehead atoms.